The van der Waals surface area contributed by atoms with Crippen LogP contribution in [0.2, 0.25) is 0 Å². The zero-order valence-electron chi connectivity index (χ0n) is 20.3. The molecule has 0 atom stereocenters. The third-order valence-electron chi connectivity index (χ3n) is 5.94. The molecular formula is C28H25N5OS2. The van der Waals surface area contributed by atoms with Gasteiger partial charge in [-0.3, -0.25) is 9.69 Å². The lowest BCUT2D eigenvalue weighted by Crippen LogP contribution is -2.29. The Balaban J connectivity index is 1.59. The van der Waals surface area contributed by atoms with Crippen molar-refractivity contribution in [3.8, 4) is 6.07 Å². The molecule has 0 spiro atoms. The molecular weight excluding hydrogens is 486 g/mol. The van der Waals surface area contributed by atoms with Crippen LogP contribution in [0.1, 0.15) is 23.6 Å². The Morgan fingerprint density at radius 3 is 2.61 bits per heavy atom. The number of benzene rings is 3. The first kappa shape index (κ1) is 24.0. The lowest BCUT2D eigenvalue weighted by molar-refractivity contribution is -0.122. The summed E-state index contributed by atoms with van der Waals surface area (Å²) in [6, 6.07) is 23.9. The van der Waals surface area contributed by atoms with E-state index in [1.807, 2.05) is 50.4 Å². The van der Waals surface area contributed by atoms with Crippen LogP contribution in [0.3, 0.4) is 0 Å². The normalized spacial score (nSPS) is 18.1. The molecule has 6 nitrogen and oxygen atoms in total. The van der Waals surface area contributed by atoms with Crippen molar-refractivity contribution < 1.29 is 4.79 Å². The minimum Gasteiger partial charge on any atom is -0.384 e. The predicted molar refractivity (Wildman–Crippen MR) is 149 cm³/mol. The maximum atomic E-state index is 13.9. The number of rotatable bonds is 5. The van der Waals surface area contributed by atoms with Gasteiger partial charge in [-0.25, -0.2) is 4.99 Å². The standard InChI is InChI=1S/C28H25N5OS2/c1-4-30-21-12-11-20(16-29)15-22(21)31-28-33(17-19-8-6-5-7-9-19)26(34)25(36-28)27-32(3)23-14-18(2)10-13-24(23)35-27/h5-15,30H,4,17H2,1-3H3. The quantitative estimate of drug-likeness (QED) is 0.396. The first-order valence-corrected chi connectivity index (χ1v) is 13.3. The number of hydrogen-bond donors (Lipinski definition) is 1. The third kappa shape index (κ3) is 4.60. The maximum absolute atomic E-state index is 13.9. The van der Waals surface area contributed by atoms with Gasteiger partial charge in [0.1, 0.15) is 4.91 Å². The van der Waals surface area contributed by atoms with Gasteiger partial charge in [-0.1, -0.05) is 48.2 Å². The van der Waals surface area contributed by atoms with Crippen LogP contribution in [0, 0.1) is 18.3 Å². The molecule has 0 saturated carbocycles. The van der Waals surface area contributed by atoms with Crippen molar-refractivity contribution in [2.24, 2.45) is 4.99 Å². The largest absolute Gasteiger partial charge is 0.384 e. The second-order valence-corrected chi connectivity index (χ2v) is 10.5. The third-order valence-corrected chi connectivity index (χ3v) is 8.37. The Morgan fingerprint density at radius 2 is 1.86 bits per heavy atom. The second kappa shape index (κ2) is 10.1. The number of thioether (sulfide) groups is 2. The molecule has 1 saturated heterocycles. The number of nitrogens with zero attached hydrogens (tertiary/aromatic N) is 4. The SMILES string of the molecule is CCNc1ccc(C#N)cc1N=C1SC(=C2Sc3ccc(C)cc3N2C)C(=O)N1Cc1ccccc1. The van der Waals surface area contributed by atoms with E-state index in [9.17, 15) is 10.1 Å². The van der Waals surface area contributed by atoms with Crippen molar-refractivity contribution in [3.63, 3.8) is 0 Å². The van der Waals surface area contributed by atoms with Gasteiger partial charge < -0.3 is 10.2 Å². The van der Waals surface area contributed by atoms with Crippen LogP contribution in [0.25, 0.3) is 0 Å². The number of carbonyl (C=O) groups is 1. The summed E-state index contributed by atoms with van der Waals surface area (Å²) in [5.74, 6) is -0.0667. The molecule has 0 unspecified atom stereocenters. The van der Waals surface area contributed by atoms with Crippen molar-refractivity contribution in [2.75, 3.05) is 23.8 Å². The van der Waals surface area contributed by atoms with Gasteiger partial charge in [0.2, 0.25) is 0 Å². The Morgan fingerprint density at radius 1 is 1.06 bits per heavy atom. The number of hydrogen-bond acceptors (Lipinski definition) is 7. The summed E-state index contributed by atoms with van der Waals surface area (Å²) in [6.07, 6.45) is 0. The van der Waals surface area contributed by atoms with Gasteiger partial charge in [-0.05, 0) is 67.1 Å². The van der Waals surface area contributed by atoms with E-state index in [-0.39, 0.29) is 5.91 Å². The van der Waals surface area contributed by atoms with Crippen molar-refractivity contribution in [2.45, 2.75) is 25.3 Å². The van der Waals surface area contributed by atoms with Crippen LogP contribution >= 0.6 is 23.5 Å². The van der Waals surface area contributed by atoms with Gasteiger partial charge >= 0.3 is 0 Å². The van der Waals surface area contributed by atoms with E-state index in [2.05, 4.69) is 41.4 Å². The van der Waals surface area contributed by atoms with Gasteiger partial charge in [0.25, 0.3) is 5.91 Å². The first-order valence-electron chi connectivity index (χ1n) is 11.7. The van der Waals surface area contributed by atoms with E-state index in [4.69, 9.17) is 4.99 Å². The summed E-state index contributed by atoms with van der Waals surface area (Å²) < 4.78 is 0. The molecule has 3 aromatic carbocycles. The molecule has 0 aromatic heterocycles. The van der Waals surface area contributed by atoms with E-state index < -0.39 is 0 Å². The molecule has 36 heavy (non-hydrogen) atoms. The summed E-state index contributed by atoms with van der Waals surface area (Å²) >= 11 is 3.00. The van der Waals surface area contributed by atoms with Gasteiger partial charge in [-0.15, -0.1) is 0 Å². The van der Waals surface area contributed by atoms with Crippen LogP contribution in [-0.2, 0) is 11.3 Å². The Hall–Kier alpha value is -3.67. The average molecular weight is 512 g/mol. The number of nitriles is 1. The van der Waals surface area contributed by atoms with E-state index in [0.29, 0.717) is 27.9 Å². The van der Waals surface area contributed by atoms with Crippen LogP contribution in [0.15, 0.2) is 86.6 Å². The summed E-state index contributed by atoms with van der Waals surface area (Å²) in [5, 5.41) is 14.3. The molecule has 1 fully saturated rings. The predicted octanol–water partition coefficient (Wildman–Crippen LogP) is 6.47. The monoisotopic (exact) mass is 511 g/mol. The number of amides is 1. The highest BCUT2D eigenvalue weighted by molar-refractivity contribution is 8.19. The van der Waals surface area contributed by atoms with Crippen molar-refractivity contribution in [1.82, 2.24) is 4.90 Å². The summed E-state index contributed by atoms with van der Waals surface area (Å²) in [5.41, 5.74) is 5.30. The van der Waals surface area contributed by atoms with Crippen LogP contribution < -0.4 is 10.2 Å². The maximum Gasteiger partial charge on any atom is 0.269 e. The van der Waals surface area contributed by atoms with Crippen LogP contribution in [-0.4, -0.2) is 29.6 Å². The molecule has 3 aromatic rings. The Kier molecular flexibility index (Phi) is 6.77. The summed E-state index contributed by atoms with van der Waals surface area (Å²) in [6.45, 7) is 5.22. The highest BCUT2D eigenvalue weighted by atomic mass is 32.2. The van der Waals surface area contributed by atoms with E-state index in [1.54, 1.807) is 28.8 Å². The van der Waals surface area contributed by atoms with Gasteiger partial charge in [0.05, 0.1) is 40.3 Å². The fraction of sp³-hybridized carbons (Fsp3) is 0.179. The minimum absolute atomic E-state index is 0.0667. The topological polar surface area (TPSA) is 71.7 Å². The molecule has 1 N–H and O–H groups in total. The molecule has 0 aliphatic carbocycles. The number of carbonyl (C=O) groups excluding carboxylic acids is 1. The van der Waals surface area contributed by atoms with Crippen LogP contribution in [0.4, 0.5) is 17.1 Å². The summed E-state index contributed by atoms with van der Waals surface area (Å²) in [4.78, 5) is 24.4. The molecule has 1 amide bonds. The average Bonchev–Trinajstić information content (AvgIpc) is 3.37. The van der Waals surface area contributed by atoms with Crippen molar-refractivity contribution >= 4 is 51.7 Å². The number of anilines is 2. The van der Waals surface area contributed by atoms with E-state index in [1.165, 1.54) is 17.3 Å². The lowest BCUT2D eigenvalue weighted by atomic mass is 10.2. The molecule has 8 heteroatoms. The molecule has 2 heterocycles. The molecule has 5 rings (SSSR count). The van der Waals surface area contributed by atoms with Gasteiger partial charge in [0.15, 0.2) is 5.17 Å². The highest BCUT2D eigenvalue weighted by Crippen LogP contribution is 2.50. The zero-order chi connectivity index (χ0) is 25.2. The number of nitrogens with one attached hydrogen (secondary N) is 1. The Bertz CT molecular complexity index is 1440. The zero-order valence-corrected chi connectivity index (χ0v) is 21.9. The molecule has 180 valence electrons. The Labute approximate surface area is 219 Å². The number of aryl methyl sites for hydroxylation is 1. The fourth-order valence-corrected chi connectivity index (χ4v) is 6.43. The van der Waals surface area contributed by atoms with E-state index >= 15 is 0 Å². The summed E-state index contributed by atoms with van der Waals surface area (Å²) in [7, 11) is 2.00. The smallest absolute Gasteiger partial charge is 0.269 e. The number of fused-ring (bicyclic) bond motifs is 1. The van der Waals surface area contributed by atoms with Gasteiger partial charge in [0, 0.05) is 18.5 Å². The van der Waals surface area contributed by atoms with Crippen molar-refractivity contribution in [1.29, 1.82) is 5.26 Å². The van der Waals surface area contributed by atoms with E-state index in [0.717, 1.165) is 33.4 Å². The lowest BCUT2D eigenvalue weighted by Gasteiger charge is -2.17. The van der Waals surface area contributed by atoms with Crippen LogP contribution in [0.5, 0.6) is 0 Å². The number of amidine groups is 1. The minimum atomic E-state index is -0.0667. The fourth-order valence-electron chi connectivity index (χ4n) is 4.12. The molecule has 2 aliphatic heterocycles. The second-order valence-electron chi connectivity index (χ2n) is 8.51. The molecule has 0 bridgehead atoms. The highest BCUT2D eigenvalue weighted by Gasteiger charge is 2.39. The molecule has 2 aliphatic rings. The molecule has 0 radical (unpaired) electrons. The van der Waals surface area contributed by atoms with Crippen molar-refractivity contribution in [3.05, 3.63) is 93.4 Å². The number of aliphatic imine (C=N–C) groups is 1. The first-order chi connectivity index (χ1) is 17.5. The van der Waals surface area contributed by atoms with Gasteiger partial charge in [-0.2, -0.15) is 5.26 Å².